The fourth-order valence-corrected chi connectivity index (χ4v) is 4.44. The van der Waals surface area contributed by atoms with E-state index in [1.807, 2.05) is 30.3 Å². The van der Waals surface area contributed by atoms with E-state index in [0.717, 1.165) is 18.4 Å². The van der Waals surface area contributed by atoms with Gasteiger partial charge in [0, 0.05) is 12.6 Å². The molecule has 4 rings (SSSR count). The van der Waals surface area contributed by atoms with Crippen molar-refractivity contribution < 1.29 is 23.2 Å². The number of aryl methyl sites for hydroxylation is 1. The molecule has 1 aliphatic rings. The number of rotatable bonds is 7. The van der Waals surface area contributed by atoms with E-state index in [1.54, 1.807) is 6.92 Å². The highest BCUT2D eigenvalue weighted by molar-refractivity contribution is 6.33. The minimum atomic E-state index is -0.582. The lowest BCUT2D eigenvalue weighted by Crippen LogP contribution is -2.34. The SMILES string of the molecule is Cc1onc(-c2c(F)cccc2Cl)c1C(=O)NC1CCC(CNC(=O)OCc2ccccc2)C1. The van der Waals surface area contributed by atoms with Crippen molar-refractivity contribution in [1.29, 1.82) is 0 Å². The predicted molar refractivity (Wildman–Crippen MR) is 125 cm³/mol. The molecule has 1 saturated carbocycles. The third-order valence-electron chi connectivity index (χ3n) is 5.91. The van der Waals surface area contributed by atoms with Gasteiger partial charge in [-0.1, -0.05) is 53.2 Å². The van der Waals surface area contributed by atoms with E-state index in [9.17, 15) is 14.0 Å². The number of nitrogens with one attached hydrogen (secondary N) is 2. The Labute approximate surface area is 201 Å². The zero-order valence-electron chi connectivity index (χ0n) is 18.6. The van der Waals surface area contributed by atoms with Crippen LogP contribution in [0.15, 0.2) is 53.1 Å². The van der Waals surface area contributed by atoms with Crippen molar-refractivity contribution in [3.63, 3.8) is 0 Å². The van der Waals surface area contributed by atoms with Gasteiger partial charge < -0.3 is 19.9 Å². The van der Waals surface area contributed by atoms with Crippen molar-refractivity contribution in [1.82, 2.24) is 15.8 Å². The number of alkyl carbamates (subject to hydrolysis) is 1. The average Bonchev–Trinajstić information content (AvgIpc) is 3.43. The summed E-state index contributed by atoms with van der Waals surface area (Å²) >= 11 is 6.16. The van der Waals surface area contributed by atoms with Gasteiger partial charge >= 0.3 is 6.09 Å². The van der Waals surface area contributed by atoms with Crippen molar-refractivity contribution in [2.24, 2.45) is 5.92 Å². The fourth-order valence-electron chi connectivity index (χ4n) is 4.19. The van der Waals surface area contributed by atoms with E-state index in [2.05, 4.69) is 15.8 Å². The van der Waals surface area contributed by atoms with Gasteiger partial charge in [-0.05, 0) is 49.8 Å². The predicted octanol–water partition coefficient (Wildman–Crippen LogP) is 5.27. The molecule has 7 nitrogen and oxygen atoms in total. The highest BCUT2D eigenvalue weighted by Crippen LogP contribution is 2.34. The van der Waals surface area contributed by atoms with E-state index in [1.165, 1.54) is 18.2 Å². The Kier molecular flexibility index (Phi) is 7.47. The number of carbonyl (C=O) groups is 2. The lowest BCUT2D eigenvalue weighted by Gasteiger charge is -2.14. The molecule has 1 fully saturated rings. The Hall–Kier alpha value is -3.39. The molecule has 2 N–H and O–H groups in total. The quantitative estimate of drug-likeness (QED) is 0.475. The second-order valence-electron chi connectivity index (χ2n) is 8.35. The maximum Gasteiger partial charge on any atom is 0.407 e. The first-order valence-corrected chi connectivity index (χ1v) is 11.5. The molecule has 34 heavy (non-hydrogen) atoms. The number of hydrogen-bond acceptors (Lipinski definition) is 5. The zero-order chi connectivity index (χ0) is 24.1. The van der Waals surface area contributed by atoms with Gasteiger partial charge in [0.25, 0.3) is 5.91 Å². The highest BCUT2D eigenvalue weighted by Gasteiger charge is 2.30. The molecule has 0 saturated heterocycles. The second-order valence-corrected chi connectivity index (χ2v) is 8.76. The molecule has 1 heterocycles. The number of halogens is 2. The summed E-state index contributed by atoms with van der Waals surface area (Å²) in [6, 6.07) is 13.6. The van der Waals surface area contributed by atoms with Gasteiger partial charge in [-0.15, -0.1) is 0 Å². The zero-order valence-corrected chi connectivity index (χ0v) is 19.4. The molecule has 1 aliphatic carbocycles. The first kappa shape index (κ1) is 23.8. The molecule has 2 amide bonds. The molecule has 0 bridgehead atoms. The second kappa shape index (κ2) is 10.7. The Balaban J connectivity index is 1.30. The summed E-state index contributed by atoms with van der Waals surface area (Å²) in [7, 11) is 0. The molecule has 2 aromatic carbocycles. The van der Waals surface area contributed by atoms with Crippen LogP contribution in [0.1, 0.15) is 40.9 Å². The van der Waals surface area contributed by atoms with E-state index < -0.39 is 17.8 Å². The summed E-state index contributed by atoms with van der Waals surface area (Å²) in [6.45, 7) is 2.27. The van der Waals surface area contributed by atoms with Crippen molar-refractivity contribution in [3.8, 4) is 11.3 Å². The fraction of sp³-hybridized carbons (Fsp3) is 0.320. The third kappa shape index (κ3) is 5.56. The van der Waals surface area contributed by atoms with Crippen LogP contribution >= 0.6 is 11.6 Å². The van der Waals surface area contributed by atoms with E-state index in [4.69, 9.17) is 20.9 Å². The molecule has 0 spiro atoms. The maximum atomic E-state index is 14.4. The van der Waals surface area contributed by atoms with Gasteiger partial charge in [0.05, 0.1) is 10.6 Å². The van der Waals surface area contributed by atoms with Crippen LogP contribution in [0.5, 0.6) is 0 Å². The number of nitrogens with zero attached hydrogens (tertiary/aromatic N) is 1. The van der Waals surface area contributed by atoms with Crippen molar-refractivity contribution >= 4 is 23.6 Å². The monoisotopic (exact) mass is 485 g/mol. The maximum absolute atomic E-state index is 14.4. The van der Waals surface area contributed by atoms with E-state index >= 15 is 0 Å². The number of aromatic nitrogens is 1. The number of ether oxygens (including phenoxy) is 1. The summed E-state index contributed by atoms with van der Waals surface area (Å²) in [5.74, 6) is -0.488. The topological polar surface area (TPSA) is 93.5 Å². The summed E-state index contributed by atoms with van der Waals surface area (Å²) < 4.78 is 24.8. The molecule has 2 atom stereocenters. The summed E-state index contributed by atoms with van der Waals surface area (Å²) in [4.78, 5) is 25.0. The number of benzene rings is 2. The smallest absolute Gasteiger partial charge is 0.407 e. The minimum absolute atomic E-state index is 0.0358. The normalized spacial score (nSPS) is 17.4. The Bertz CT molecular complexity index is 1150. The molecule has 178 valence electrons. The first-order chi connectivity index (χ1) is 16.4. The third-order valence-corrected chi connectivity index (χ3v) is 6.23. The van der Waals surface area contributed by atoms with Gasteiger partial charge in [0.1, 0.15) is 29.4 Å². The van der Waals surface area contributed by atoms with Gasteiger partial charge in [-0.2, -0.15) is 0 Å². The largest absolute Gasteiger partial charge is 0.445 e. The molecule has 1 aromatic heterocycles. The molecule has 0 radical (unpaired) electrons. The lowest BCUT2D eigenvalue weighted by molar-refractivity contribution is 0.0935. The summed E-state index contributed by atoms with van der Waals surface area (Å²) in [5.41, 5.74) is 1.20. The molecule has 0 aliphatic heterocycles. The van der Waals surface area contributed by atoms with Crippen LogP contribution < -0.4 is 10.6 Å². The minimum Gasteiger partial charge on any atom is -0.445 e. The molecule has 3 aromatic rings. The van der Waals surface area contributed by atoms with Crippen LogP contribution in [-0.4, -0.2) is 29.7 Å². The first-order valence-electron chi connectivity index (χ1n) is 11.1. The van der Waals surface area contributed by atoms with E-state index in [-0.39, 0.29) is 46.2 Å². The van der Waals surface area contributed by atoms with Gasteiger partial charge in [-0.25, -0.2) is 9.18 Å². The lowest BCUT2D eigenvalue weighted by atomic mass is 10.0. The summed E-state index contributed by atoms with van der Waals surface area (Å²) in [6.07, 6.45) is 1.84. The standard InChI is InChI=1S/C25H25ClFN3O4/c1-15-21(23(30-34-15)22-19(26)8-5-9-20(22)27)24(31)29-18-11-10-17(12-18)13-28-25(32)33-14-16-6-3-2-4-7-16/h2-9,17-18H,10-14H2,1H3,(H,28,32)(H,29,31). The summed E-state index contributed by atoms with van der Waals surface area (Å²) in [5, 5.41) is 9.81. The number of amides is 2. The van der Waals surface area contributed by atoms with Crippen molar-refractivity contribution in [3.05, 3.63) is 76.3 Å². The van der Waals surface area contributed by atoms with Gasteiger partial charge in [0.15, 0.2) is 0 Å². The number of carbonyl (C=O) groups excluding carboxylic acids is 2. The van der Waals surface area contributed by atoms with Gasteiger partial charge in [0.2, 0.25) is 0 Å². The Morgan fingerprint density at radius 1 is 1.18 bits per heavy atom. The van der Waals surface area contributed by atoms with E-state index in [0.29, 0.717) is 13.0 Å². The Morgan fingerprint density at radius 3 is 2.74 bits per heavy atom. The molecular weight excluding hydrogens is 461 g/mol. The van der Waals surface area contributed by atoms with Crippen LogP contribution in [-0.2, 0) is 11.3 Å². The van der Waals surface area contributed by atoms with Gasteiger partial charge in [-0.3, -0.25) is 4.79 Å². The molecule has 2 unspecified atom stereocenters. The van der Waals surface area contributed by atoms with Crippen LogP contribution in [0.4, 0.5) is 9.18 Å². The average molecular weight is 486 g/mol. The number of hydrogen-bond donors (Lipinski definition) is 2. The molecular formula is C25H25ClFN3O4. The molecule has 9 heteroatoms. The van der Waals surface area contributed by atoms with Crippen LogP contribution in [0.3, 0.4) is 0 Å². The van der Waals surface area contributed by atoms with Crippen LogP contribution in [0.25, 0.3) is 11.3 Å². The van der Waals surface area contributed by atoms with Crippen LogP contribution in [0.2, 0.25) is 5.02 Å². The highest BCUT2D eigenvalue weighted by atomic mass is 35.5. The van der Waals surface area contributed by atoms with Crippen molar-refractivity contribution in [2.45, 2.75) is 38.8 Å². The van der Waals surface area contributed by atoms with Crippen LogP contribution in [0, 0.1) is 18.7 Å². The van der Waals surface area contributed by atoms with Crippen molar-refractivity contribution in [2.75, 3.05) is 6.54 Å². The Morgan fingerprint density at radius 2 is 1.97 bits per heavy atom.